The van der Waals surface area contributed by atoms with Gasteiger partial charge in [0.1, 0.15) is 3.53 Å². The lowest BCUT2D eigenvalue weighted by molar-refractivity contribution is 2.31. The van der Waals surface area contributed by atoms with Gasteiger partial charge in [0, 0.05) is 0 Å². The van der Waals surface area contributed by atoms with Crippen molar-refractivity contribution in [2.75, 3.05) is 5.08 Å². The molecule has 0 radical (unpaired) electrons. The van der Waals surface area contributed by atoms with Crippen LogP contribution in [0.15, 0.2) is 0 Å². The molecule has 1 fully saturated rings. The lowest BCUT2D eigenvalue weighted by atomic mass is 11.8. The Hall–Kier alpha value is 0.790. The molecule has 0 saturated carbocycles. The molecule has 0 aromatic rings. The SMILES string of the molecule is S=C1SCS1. The molecule has 0 N–H and O–H groups in total. The van der Waals surface area contributed by atoms with Gasteiger partial charge >= 0.3 is 0 Å². The summed E-state index contributed by atoms with van der Waals surface area (Å²) < 4.78 is 1.10. The lowest BCUT2D eigenvalue weighted by Crippen LogP contribution is -1.91. The first-order chi connectivity index (χ1) is 2.39. The first-order valence-electron chi connectivity index (χ1n) is 1.19. The van der Waals surface area contributed by atoms with Crippen LogP contribution in [0.1, 0.15) is 0 Å². The quantitative estimate of drug-likeness (QED) is 0.449. The summed E-state index contributed by atoms with van der Waals surface area (Å²) in [7, 11) is 0. The molecule has 5 heavy (non-hydrogen) atoms. The molecule has 0 bridgehead atoms. The van der Waals surface area contributed by atoms with E-state index in [-0.39, 0.29) is 0 Å². The predicted octanol–water partition coefficient (Wildman–Crippen LogP) is 1.71. The summed E-state index contributed by atoms with van der Waals surface area (Å²) in [6, 6.07) is 0. The fourth-order valence-corrected chi connectivity index (χ4v) is 1.83. The number of thioether (sulfide) groups is 2. The van der Waals surface area contributed by atoms with E-state index in [1.807, 2.05) is 0 Å². The van der Waals surface area contributed by atoms with Gasteiger partial charge in [0.15, 0.2) is 0 Å². The van der Waals surface area contributed by atoms with Crippen molar-refractivity contribution >= 4 is 39.3 Å². The average Bonchev–Trinajstić information content (AvgIpc) is 1.30. The van der Waals surface area contributed by atoms with Gasteiger partial charge in [0.05, 0.1) is 5.08 Å². The van der Waals surface area contributed by atoms with E-state index in [0.29, 0.717) is 0 Å². The summed E-state index contributed by atoms with van der Waals surface area (Å²) in [6.45, 7) is 0. The van der Waals surface area contributed by atoms with Crippen molar-refractivity contribution in [1.82, 2.24) is 0 Å². The van der Waals surface area contributed by atoms with Crippen LogP contribution in [0.5, 0.6) is 0 Å². The maximum atomic E-state index is 4.71. The number of hydrogen-bond acceptors (Lipinski definition) is 3. The summed E-state index contributed by atoms with van der Waals surface area (Å²) >= 11 is 8.22. The zero-order valence-corrected chi connectivity index (χ0v) is 4.88. The summed E-state index contributed by atoms with van der Waals surface area (Å²) in [5.74, 6) is 0. The van der Waals surface area contributed by atoms with E-state index in [0.717, 1.165) is 3.53 Å². The van der Waals surface area contributed by atoms with Crippen LogP contribution in [-0.4, -0.2) is 8.61 Å². The Kier molecular flexibility index (Phi) is 1.18. The van der Waals surface area contributed by atoms with Crippen molar-refractivity contribution in [3.63, 3.8) is 0 Å². The second-order valence-corrected chi connectivity index (χ2v) is 4.18. The van der Waals surface area contributed by atoms with Crippen LogP contribution in [-0.2, 0) is 0 Å². The molecule has 1 aliphatic rings. The molecular weight excluding hydrogens is 120 g/mol. The van der Waals surface area contributed by atoms with Crippen molar-refractivity contribution in [2.45, 2.75) is 0 Å². The van der Waals surface area contributed by atoms with Crippen LogP contribution in [0.2, 0.25) is 0 Å². The topological polar surface area (TPSA) is 0 Å². The largest absolute Gasteiger partial charge is 0.105 e. The molecule has 0 spiro atoms. The fourth-order valence-electron chi connectivity index (χ4n) is 0.107. The van der Waals surface area contributed by atoms with E-state index in [9.17, 15) is 0 Å². The van der Waals surface area contributed by atoms with E-state index in [1.54, 1.807) is 23.5 Å². The molecule has 1 saturated heterocycles. The van der Waals surface area contributed by atoms with Crippen molar-refractivity contribution in [2.24, 2.45) is 0 Å². The molecule has 0 aromatic heterocycles. The van der Waals surface area contributed by atoms with Crippen molar-refractivity contribution in [3.8, 4) is 0 Å². The van der Waals surface area contributed by atoms with Gasteiger partial charge in [-0.05, 0) is 0 Å². The van der Waals surface area contributed by atoms with Crippen LogP contribution in [0, 0.1) is 0 Å². The van der Waals surface area contributed by atoms with E-state index in [4.69, 9.17) is 12.2 Å². The van der Waals surface area contributed by atoms with Gasteiger partial charge in [0.2, 0.25) is 0 Å². The maximum Gasteiger partial charge on any atom is 0.105 e. The second kappa shape index (κ2) is 1.49. The molecule has 0 amide bonds. The minimum atomic E-state index is 1.10. The molecule has 0 aliphatic carbocycles. The van der Waals surface area contributed by atoms with Crippen LogP contribution in [0.4, 0.5) is 0 Å². The summed E-state index contributed by atoms with van der Waals surface area (Å²) in [6.07, 6.45) is 0. The highest BCUT2D eigenvalue weighted by atomic mass is 32.3. The minimum absolute atomic E-state index is 1.10. The number of thiocarbonyl (C=S) groups is 1. The first kappa shape index (κ1) is 3.96. The molecular formula is C2H2S3. The molecule has 0 unspecified atom stereocenters. The minimum Gasteiger partial charge on any atom is -0.0964 e. The third-order valence-corrected chi connectivity index (χ3v) is 3.18. The van der Waals surface area contributed by atoms with Crippen LogP contribution in [0.25, 0.3) is 0 Å². The standard InChI is InChI=1S/C2H2S3/c3-2-4-1-5-2/h1H2. The Morgan fingerprint density at radius 2 is 2.00 bits per heavy atom. The van der Waals surface area contributed by atoms with E-state index in [2.05, 4.69) is 0 Å². The van der Waals surface area contributed by atoms with E-state index in [1.165, 1.54) is 5.08 Å². The summed E-state index contributed by atoms with van der Waals surface area (Å²) in [5.41, 5.74) is 0. The van der Waals surface area contributed by atoms with Crippen LogP contribution in [0.3, 0.4) is 0 Å². The monoisotopic (exact) mass is 122 g/mol. The third-order valence-electron chi connectivity index (χ3n) is 0.354. The van der Waals surface area contributed by atoms with Crippen LogP contribution >= 0.6 is 35.7 Å². The first-order valence-corrected chi connectivity index (χ1v) is 3.57. The Balaban J connectivity index is 2.32. The fraction of sp³-hybridized carbons (Fsp3) is 0.500. The van der Waals surface area contributed by atoms with Crippen molar-refractivity contribution in [1.29, 1.82) is 0 Å². The Morgan fingerprint density at radius 1 is 1.60 bits per heavy atom. The van der Waals surface area contributed by atoms with Gasteiger partial charge in [0.25, 0.3) is 0 Å². The maximum absolute atomic E-state index is 4.71. The zero-order chi connectivity index (χ0) is 3.70. The number of hydrogen-bond donors (Lipinski definition) is 0. The Labute approximate surface area is 44.7 Å². The molecule has 1 heterocycles. The van der Waals surface area contributed by atoms with Gasteiger partial charge in [-0.2, -0.15) is 0 Å². The molecule has 0 atom stereocenters. The van der Waals surface area contributed by atoms with Crippen LogP contribution < -0.4 is 0 Å². The highest BCUT2D eigenvalue weighted by Gasteiger charge is 2.06. The molecule has 1 aliphatic heterocycles. The molecule has 0 aromatic carbocycles. The highest BCUT2D eigenvalue weighted by Crippen LogP contribution is 2.32. The predicted molar refractivity (Wildman–Crippen MR) is 32.6 cm³/mol. The zero-order valence-electron chi connectivity index (χ0n) is 2.43. The molecule has 3 heteroatoms. The molecule has 0 nitrogen and oxygen atoms in total. The Morgan fingerprint density at radius 3 is 2.00 bits per heavy atom. The lowest BCUT2D eigenvalue weighted by Gasteiger charge is -2.07. The van der Waals surface area contributed by atoms with Gasteiger partial charge in [-0.25, -0.2) is 0 Å². The van der Waals surface area contributed by atoms with Gasteiger partial charge in [-0.1, -0.05) is 35.7 Å². The van der Waals surface area contributed by atoms with Gasteiger partial charge < -0.3 is 0 Å². The molecule has 28 valence electrons. The Bertz CT molecular complexity index is 51.9. The second-order valence-electron chi connectivity index (χ2n) is 0.657. The normalized spacial score (nSPS) is 22.0. The smallest absolute Gasteiger partial charge is 0.0964 e. The summed E-state index contributed by atoms with van der Waals surface area (Å²) in [5, 5.41) is 1.18. The number of rotatable bonds is 0. The highest BCUT2D eigenvalue weighted by molar-refractivity contribution is 8.59. The van der Waals surface area contributed by atoms with Crippen molar-refractivity contribution < 1.29 is 0 Å². The van der Waals surface area contributed by atoms with Crippen molar-refractivity contribution in [3.05, 3.63) is 0 Å². The van der Waals surface area contributed by atoms with E-state index < -0.39 is 0 Å². The third kappa shape index (κ3) is 0.809. The van der Waals surface area contributed by atoms with Gasteiger partial charge in [-0.15, -0.1) is 0 Å². The molecule has 1 rings (SSSR count). The average molecular weight is 122 g/mol. The summed E-state index contributed by atoms with van der Waals surface area (Å²) in [4.78, 5) is 0. The van der Waals surface area contributed by atoms with Gasteiger partial charge in [-0.3, -0.25) is 0 Å². The van der Waals surface area contributed by atoms with E-state index >= 15 is 0 Å².